The number of hydrogen-bond donors (Lipinski definition) is 0. The van der Waals surface area contributed by atoms with Gasteiger partial charge in [0.25, 0.3) is 47.3 Å². The highest BCUT2D eigenvalue weighted by atomic mass is 79.9. The molecular weight excluding hydrogens is 1710 g/mol. The maximum absolute atomic E-state index is 14.3. The second-order valence-corrected chi connectivity index (χ2v) is 26.4. The largest absolute Gasteiger partial charge is 0.459 e. The summed E-state index contributed by atoms with van der Waals surface area (Å²) in [6.45, 7) is -0.787. The summed E-state index contributed by atoms with van der Waals surface area (Å²) in [5, 5.41) is -1.02. The lowest BCUT2D eigenvalue weighted by atomic mass is 9.85. The predicted octanol–water partition coefficient (Wildman–Crippen LogP) is 18.6. The molecule has 0 N–H and O–H groups in total. The van der Waals surface area contributed by atoms with E-state index in [2.05, 4.69) is 141 Å². The van der Waals surface area contributed by atoms with Gasteiger partial charge in [-0.25, -0.2) is 0 Å². The van der Waals surface area contributed by atoms with E-state index in [0.717, 1.165) is 64.2 Å². The lowest BCUT2D eigenvalue weighted by Crippen LogP contribution is -2.59. The minimum atomic E-state index is -6.86. The molecule has 0 spiro atoms. The lowest BCUT2D eigenvalue weighted by Gasteiger charge is -2.37. The van der Waals surface area contributed by atoms with Gasteiger partial charge in [-0.1, -0.05) is 78.1 Å². The summed E-state index contributed by atoms with van der Waals surface area (Å²) in [5.41, 5.74) is -2.91. The summed E-state index contributed by atoms with van der Waals surface area (Å²) < 4.78 is 187. The van der Waals surface area contributed by atoms with Gasteiger partial charge in [-0.15, -0.1) is 0 Å². The molecule has 468 valence electrons. The van der Waals surface area contributed by atoms with E-state index in [1.165, 1.54) is 22.6 Å². The fraction of sp³-hybridized carbons (Fsp3) is 0.462. The van der Waals surface area contributed by atoms with E-state index in [-0.39, 0.29) is 0 Å². The van der Waals surface area contributed by atoms with Crippen LogP contribution in [-0.4, -0.2) is 129 Å². The zero-order chi connectivity index (χ0) is 64.8. The Hall–Kier alpha value is -3.18. The molecule has 0 saturated heterocycles. The molecule has 4 aromatic rings. The number of hydrogen-bond acceptors (Lipinski definition) is 8. The highest BCUT2D eigenvalue weighted by Gasteiger charge is 2.75. The van der Waals surface area contributed by atoms with Gasteiger partial charge in [0.05, 0.1) is 57.6 Å². The van der Waals surface area contributed by atoms with Gasteiger partial charge in [0.1, 0.15) is 0 Å². The summed E-state index contributed by atoms with van der Waals surface area (Å²) in [7, 11) is 0. The van der Waals surface area contributed by atoms with Crippen LogP contribution in [0.25, 0.3) is 21.5 Å². The second-order valence-electron chi connectivity index (χ2n) is 20.0. The van der Waals surface area contributed by atoms with Crippen molar-refractivity contribution < 1.29 is 99.8 Å². The van der Waals surface area contributed by atoms with Crippen molar-refractivity contribution in [3.63, 3.8) is 0 Å². The highest BCUT2D eigenvalue weighted by molar-refractivity contribution is 9.14. The molecule has 8 amide bonds. The van der Waals surface area contributed by atoms with Crippen molar-refractivity contribution in [2.45, 2.75) is 127 Å². The summed E-state index contributed by atoms with van der Waals surface area (Å²) in [6.07, 6.45) is -1.35. The van der Waals surface area contributed by atoms with Gasteiger partial charge in [-0.2, -0.15) is 61.5 Å². The SMILES string of the molecule is CCCCCCCCN1C(=O)c2c(Br)c(Br)c3c4c(c(Br)c(Br)c(c24)C1=O)C(=O)N(CCCCCCCC)C3=O.O=C1c2c(Br)c(Br)c3c4c(c(Br)c(Br)c(c24)C(=O)N1CC(F)(F)C(F)(F)C(F)(F)F)C(=O)N(CC(F)(F)C(F)(F)C(F)(F)F)C3=O. The number of carbonyl (C=O) groups excluding carboxylic acids is 8. The van der Waals surface area contributed by atoms with Crippen LogP contribution >= 0.6 is 127 Å². The van der Waals surface area contributed by atoms with Crippen LogP contribution < -0.4 is 0 Å². The Kier molecular flexibility index (Phi) is 20.8. The molecule has 12 nitrogen and oxygen atoms in total. The molecule has 34 heteroatoms. The van der Waals surface area contributed by atoms with Crippen molar-refractivity contribution in [2.24, 2.45) is 0 Å². The number of carbonyl (C=O) groups is 8. The quantitative estimate of drug-likeness (QED) is 0.0482. The van der Waals surface area contributed by atoms with E-state index in [1.807, 2.05) is 0 Å². The number of unbranched alkanes of at least 4 members (excludes halogenated alkanes) is 10. The smallest absolute Gasteiger partial charge is 0.274 e. The molecule has 86 heavy (non-hydrogen) atoms. The third-order valence-electron chi connectivity index (χ3n) is 14.5. The van der Waals surface area contributed by atoms with Gasteiger partial charge in [-0.3, -0.25) is 58.0 Å². The van der Waals surface area contributed by atoms with E-state index in [9.17, 15) is 99.8 Å². The fourth-order valence-electron chi connectivity index (χ4n) is 10.1. The average Bonchev–Trinajstić information content (AvgIpc) is 0.702. The van der Waals surface area contributed by atoms with Crippen LogP contribution in [0.15, 0.2) is 35.8 Å². The maximum atomic E-state index is 14.3. The summed E-state index contributed by atoms with van der Waals surface area (Å²) in [6, 6.07) is 0. The molecule has 0 aromatic heterocycles. The first-order valence-corrected chi connectivity index (χ1v) is 31.8. The third-order valence-corrected chi connectivity index (χ3v) is 23.0. The molecule has 0 radical (unpaired) electrons. The van der Waals surface area contributed by atoms with Crippen molar-refractivity contribution in [1.82, 2.24) is 19.6 Å². The average molecular weight is 1750 g/mol. The van der Waals surface area contributed by atoms with E-state index in [0.29, 0.717) is 64.0 Å². The number of benzene rings is 4. The van der Waals surface area contributed by atoms with E-state index in [4.69, 9.17) is 0 Å². The Bertz CT molecular complexity index is 3230. The van der Waals surface area contributed by atoms with Crippen LogP contribution in [0.1, 0.15) is 174 Å². The molecule has 0 fully saturated rings. The molecule has 4 aliphatic heterocycles. The lowest BCUT2D eigenvalue weighted by molar-refractivity contribution is -0.354. The molecule has 0 saturated carbocycles. The van der Waals surface area contributed by atoms with Crippen LogP contribution in [0.4, 0.5) is 61.5 Å². The van der Waals surface area contributed by atoms with Gasteiger partial charge in [0.2, 0.25) is 0 Å². The zero-order valence-corrected chi connectivity index (χ0v) is 56.4. The summed E-state index contributed by atoms with van der Waals surface area (Å²) >= 11 is 25.1. The topological polar surface area (TPSA) is 150 Å². The van der Waals surface area contributed by atoms with Crippen molar-refractivity contribution in [2.75, 3.05) is 26.2 Å². The number of rotatable bonds is 20. The number of halogens is 22. The van der Waals surface area contributed by atoms with Crippen molar-refractivity contribution in [3.05, 3.63) is 80.3 Å². The van der Waals surface area contributed by atoms with Gasteiger partial charge in [0.15, 0.2) is 0 Å². The van der Waals surface area contributed by atoms with Crippen molar-refractivity contribution >= 4 is 196 Å². The molecule has 4 heterocycles. The second kappa shape index (κ2) is 25.5. The number of nitrogens with zero attached hydrogens (tertiary/aromatic N) is 4. The first kappa shape index (κ1) is 70.3. The van der Waals surface area contributed by atoms with Gasteiger partial charge >= 0.3 is 36.0 Å². The Morgan fingerprint density at radius 1 is 0.279 bits per heavy atom. The standard InChI is InChI=1S/C30H34Br4N2O4.C22H4Br4F14N2O4/c1-3-5-7-9-11-13-15-35-27(37)19-17-18-21(25(33)23(19)31)29(39)36(16-14-12-10-8-6-4-2)30(40)22(18)26(34)24(32)20(17)28(35)38;23-9-5-3-4-7(11(9)25)15(45)42(2-18(29,30)20(33,34)22(38,39)40)16(46)8(4)12(26)10(24)6(3)14(44)41(13(5)43)1-17(27,28)19(31,32)21(35,36)37/h3-16H2,1-2H3;1-2H2. The first-order valence-electron chi connectivity index (χ1n) is 25.5. The minimum absolute atomic E-state index is 0.297. The normalized spacial score (nSPS) is 15.8. The van der Waals surface area contributed by atoms with E-state index in [1.54, 1.807) is 0 Å². The number of alkyl halides is 14. The highest BCUT2D eigenvalue weighted by Crippen LogP contribution is 2.55. The summed E-state index contributed by atoms with van der Waals surface area (Å²) in [4.78, 5) is 110. The zero-order valence-electron chi connectivity index (χ0n) is 43.7. The Morgan fingerprint density at radius 3 is 0.640 bits per heavy atom. The van der Waals surface area contributed by atoms with Gasteiger partial charge in [0, 0.05) is 70.4 Å². The molecule has 0 aliphatic carbocycles. The molecule has 4 aromatic carbocycles. The maximum Gasteiger partial charge on any atom is 0.459 e. The minimum Gasteiger partial charge on any atom is -0.274 e. The number of amides is 8. The Morgan fingerprint density at radius 2 is 0.453 bits per heavy atom. The molecule has 0 bridgehead atoms. The van der Waals surface area contributed by atoms with E-state index >= 15 is 0 Å². The number of imide groups is 4. The van der Waals surface area contributed by atoms with Crippen LogP contribution in [0, 0.1) is 0 Å². The van der Waals surface area contributed by atoms with Crippen LogP contribution in [0.5, 0.6) is 0 Å². The van der Waals surface area contributed by atoms with Gasteiger partial charge < -0.3 is 0 Å². The molecular formula is C52H38Br8F14N4O8. The summed E-state index contributed by atoms with van der Waals surface area (Å²) in [5.74, 6) is -35.5. The van der Waals surface area contributed by atoms with Gasteiger partial charge in [-0.05, 0) is 140 Å². The third kappa shape index (κ3) is 11.6. The molecule has 8 rings (SSSR count). The predicted molar refractivity (Wildman–Crippen MR) is 310 cm³/mol. The van der Waals surface area contributed by atoms with E-state index < -0.39 is 157 Å². The fourth-order valence-corrected chi connectivity index (χ4v) is 14.6. The molecule has 0 unspecified atom stereocenters. The molecule has 4 aliphatic rings. The van der Waals surface area contributed by atoms with Crippen molar-refractivity contribution in [3.8, 4) is 0 Å². The first-order chi connectivity index (χ1) is 39.7. The molecule has 0 atom stereocenters. The Balaban J connectivity index is 0.000000248. The Labute approximate surface area is 544 Å². The van der Waals surface area contributed by atoms with Crippen LogP contribution in [0.2, 0.25) is 0 Å². The van der Waals surface area contributed by atoms with Crippen LogP contribution in [0.3, 0.4) is 0 Å². The monoisotopic (exact) mass is 1740 g/mol. The van der Waals surface area contributed by atoms with Crippen LogP contribution in [-0.2, 0) is 0 Å². The van der Waals surface area contributed by atoms with Crippen molar-refractivity contribution in [1.29, 1.82) is 0 Å².